The van der Waals surface area contributed by atoms with Gasteiger partial charge in [0, 0.05) is 13.1 Å². The number of nitrogens with zero attached hydrogens (tertiary/aromatic N) is 1. The van der Waals surface area contributed by atoms with Gasteiger partial charge in [-0.05, 0) is 48.4 Å². The highest BCUT2D eigenvalue weighted by Gasteiger charge is 2.37. The minimum atomic E-state index is 0.638. The van der Waals surface area contributed by atoms with Crippen LogP contribution in [-0.2, 0) is 6.54 Å². The van der Waals surface area contributed by atoms with Gasteiger partial charge in [0.15, 0.2) is 5.96 Å². The zero-order valence-corrected chi connectivity index (χ0v) is 15.0. The lowest BCUT2D eigenvalue weighted by molar-refractivity contribution is 0.414. The Kier molecular flexibility index (Phi) is 5.94. The number of guanidine groups is 1. The van der Waals surface area contributed by atoms with Crippen molar-refractivity contribution in [1.82, 2.24) is 10.6 Å². The molecule has 1 saturated carbocycles. The van der Waals surface area contributed by atoms with Crippen LogP contribution in [0.15, 0.2) is 59.6 Å². The monoisotopic (exact) mass is 337 g/mol. The lowest BCUT2D eigenvalue weighted by Gasteiger charge is -2.11. The van der Waals surface area contributed by atoms with Crippen molar-refractivity contribution in [2.75, 3.05) is 20.2 Å². The first-order valence-corrected chi connectivity index (χ1v) is 9.00. The van der Waals surface area contributed by atoms with E-state index < -0.39 is 0 Å². The summed E-state index contributed by atoms with van der Waals surface area (Å²) in [5.41, 5.74) is 2.60. The molecule has 1 aliphatic rings. The fourth-order valence-corrected chi connectivity index (χ4v) is 3.09. The van der Waals surface area contributed by atoms with E-state index >= 15 is 0 Å². The number of rotatable bonds is 7. The van der Waals surface area contributed by atoms with E-state index in [0.29, 0.717) is 18.4 Å². The first-order chi connectivity index (χ1) is 12.3. The number of hydrogen-bond acceptors (Lipinski definition) is 2. The molecule has 0 aromatic heterocycles. The molecule has 132 valence electrons. The van der Waals surface area contributed by atoms with Crippen LogP contribution in [0, 0.1) is 5.92 Å². The number of aliphatic imine (C=N–C) groups is 1. The maximum atomic E-state index is 5.27. The molecule has 1 fully saturated rings. The van der Waals surface area contributed by atoms with Crippen LogP contribution in [0.5, 0.6) is 5.75 Å². The predicted molar refractivity (Wildman–Crippen MR) is 103 cm³/mol. The van der Waals surface area contributed by atoms with Crippen LogP contribution in [-0.4, -0.2) is 26.2 Å². The molecule has 2 N–H and O–H groups in total. The van der Waals surface area contributed by atoms with Gasteiger partial charge in [-0.2, -0.15) is 0 Å². The van der Waals surface area contributed by atoms with Gasteiger partial charge in [-0.3, -0.25) is 0 Å². The number of ether oxygens (including phenoxy) is 1. The fourth-order valence-electron chi connectivity index (χ4n) is 3.09. The van der Waals surface area contributed by atoms with E-state index in [4.69, 9.17) is 9.73 Å². The number of nitrogens with one attached hydrogen (secondary N) is 2. The molecule has 25 heavy (non-hydrogen) atoms. The molecule has 2 aromatic rings. The largest absolute Gasteiger partial charge is 0.497 e. The normalized spacial score (nSPS) is 19.4. The van der Waals surface area contributed by atoms with Gasteiger partial charge < -0.3 is 15.4 Å². The third kappa shape index (κ3) is 4.99. The molecular formula is C21H27N3O. The Labute approximate surface area is 150 Å². The third-order valence-corrected chi connectivity index (χ3v) is 4.58. The molecule has 2 aromatic carbocycles. The van der Waals surface area contributed by atoms with Crippen molar-refractivity contribution < 1.29 is 4.74 Å². The highest BCUT2D eigenvalue weighted by molar-refractivity contribution is 5.79. The van der Waals surface area contributed by atoms with Crippen molar-refractivity contribution in [2.45, 2.75) is 25.8 Å². The molecule has 0 saturated heterocycles. The second kappa shape index (κ2) is 8.56. The lowest BCUT2D eigenvalue weighted by Crippen LogP contribution is -2.38. The molecule has 0 radical (unpaired) electrons. The molecule has 4 nitrogen and oxygen atoms in total. The van der Waals surface area contributed by atoms with E-state index in [1.54, 1.807) is 7.11 Å². The van der Waals surface area contributed by atoms with Gasteiger partial charge in [0.25, 0.3) is 0 Å². The molecule has 4 heteroatoms. The molecule has 0 spiro atoms. The standard InChI is InChI=1S/C21H27N3O/c1-3-22-21(23-14-16-8-7-11-19(12-16)25-2)24-15-18-13-20(18)17-9-5-4-6-10-17/h4-12,18,20H,3,13-15H2,1-2H3,(H2,22,23,24). The number of benzene rings is 2. The SMILES string of the molecule is CCNC(=NCc1cccc(OC)c1)NCC1CC1c1ccccc1. The molecule has 3 rings (SSSR count). The Bertz CT molecular complexity index is 699. The van der Waals surface area contributed by atoms with Gasteiger partial charge in [0.2, 0.25) is 0 Å². The van der Waals surface area contributed by atoms with Crippen molar-refractivity contribution in [2.24, 2.45) is 10.9 Å². The van der Waals surface area contributed by atoms with Crippen LogP contribution in [0.2, 0.25) is 0 Å². The maximum absolute atomic E-state index is 5.27. The summed E-state index contributed by atoms with van der Waals surface area (Å²) >= 11 is 0. The van der Waals surface area contributed by atoms with Crippen LogP contribution < -0.4 is 15.4 Å². The second-order valence-electron chi connectivity index (χ2n) is 6.44. The van der Waals surface area contributed by atoms with Crippen LogP contribution >= 0.6 is 0 Å². The molecule has 0 amide bonds. The first kappa shape index (κ1) is 17.3. The average Bonchev–Trinajstić information content (AvgIpc) is 3.44. The van der Waals surface area contributed by atoms with Crippen molar-refractivity contribution in [3.63, 3.8) is 0 Å². The van der Waals surface area contributed by atoms with E-state index in [1.165, 1.54) is 12.0 Å². The Morgan fingerprint density at radius 1 is 1.12 bits per heavy atom. The Balaban J connectivity index is 1.53. The first-order valence-electron chi connectivity index (χ1n) is 9.00. The summed E-state index contributed by atoms with van der Waals surface area (Å²) in [5, 5.41) is 6.82. The molecule has 0 aliphatic heterocycles. The quantitative estimate of drug-likeness (QED) is 0.600. The van der Waals surface area contributed by atoms with Crippen LogP contribution in [0.25, 0.3) is 0 Å². The smallest absolute Gasteiger partial charge is 0.191 e. The summed E-state index contributed by atoms with van der Waals surface area (Å²) in [5.74, 6) is 3.14. The molecule has 0 bridgehead atoms. The van der Waals surface area contributed by atoms with Gasteiger partial charge in [0.1, 0.15) is 5.75 Å². The minimum absolute atomic E-state index is 0.638. The molecular weight excluding hydrogens is 310 g/mol. The van der Waals surface area contributed by atoms with Crippen molar-refractivity contribution in [3.05, 3.63) is 65.7 Å². The van der Waals surface area contributed by atoms with E-state index in [-0.39, 0.29) is 0 Å². The predicted octanol–water partition coefficient (Wildman–Crippen LogP) is 3.55. The summed E-state index contributed by atoms with van der Waals surface area (Å²) in [7, 11) is 1.69. The van der Waals surface area contributed by atoms with Crippen LogP contribution in [0.4, 0.5) is 0 Å². The summed E-state index contributed by atoms with van der Waals surface area (Å²) in [6.45, 7) is 4.55. The van der Waals surface area contributed by atoms with Gasteiger partial charge in [-0.1, -0.05) is 42.5 Å². The highest BCUT2D eigenvalue weighted by Crippen LogP contribution is 2.46. The van der Waals surface area contributed by atoms with Gasteiger partial charge in [0.05, 0.1) is 13.7 Å². The van der Waals surface area contributed by atoms with Gasteiger partial charge >= 0.3 is 0 Å². The lowest BCUT2D eigenvalue weighted by atomic mass is 10.1. The Morgan fingerprint density at radius 2 is 1.96 bits per heavy atom. The fraction of sp³-hybridized carbons (Fsp3) is 0.381. The minimum Gasteiger partial charge on any atom is -0.497 e. The van der Waals surface area contributed by atoms with Gasteiger partial charge in [-0.25, -0.2) is 4.99 Å². The topological polar surface area (TPSA) is 45.7 Å². The highest BCUT2D eigenvalue weighted by atomic mass is 16.5. The van der Waals surface area contributed by atoms with Crippen molar-refractivity contribution >= 4 is 5.96 Å². The van der Waals surface area contributed by atoms with Gasteiger partial charge in [-0.15, -0.1) is 0 Å². The van der Waals surface area contributed by atoms with E-state index in [1.807, 2.05) is 18.2 Å². The van der Waals surface area contributed by atoms with Crippen LogP contribution in [0.1, 0.15) is 30.4 Å². The van der Waals surface area contributed by atoms with E-state index in [2.05, 4.69) is 54.0 Å². The Morgan fingerprint density at radius 3 is 2.72 bits per heavy atom. The zero-order chi connectivity index (χ0) is 17.5. The maximum Gasteiger partial charge on any atom is 0.191 e. The summed E-state index contributed by atoms with van der Waals surface area (Å²) in [4.78, 5) is 4.70. The third-order valence-electron chi connectivity index (χ3n) is 4.58. The molecule has 0 heterocycles. The Hall–Kier alpha value is -2.49. The second-order valence-corrected chi connectivity index (χ2v) is 6.44. The molecule has 2 unspecified atom stereocenters. The summed E-state index contributed by atoms with van der Waals surface area (Å²) in [6, 6.07) is 18.8. The molecule has 1 aliphatic carbocycles. The average molecular weight is 337 g/mol. The van der Waals surface area contributed by atoms with Crippen LogP contribution in [0.3, 0.4) is 0 Å². The number of methoxy groups -OCH3 is 1. The number of hydrogen-bond donors (Lipinski definition) is 2. The zero-order valence-electron chi connectivity index (χ0n) is 15.0. The van der Waals surface area contributed by atoms with E-state index in [9.17, 15) is 0 Å². The van der Waals surface area contributed by atoms with Crippen molar-refractivity contribution in [1.29, 1.82) is 0 Å². The summed E-state index contributed by atoms with van der Waals surface area (Å²) < 4.78 is 5.27. The van der Waals surface area contributed by atoms with Crippen molar-refractivity contribution in [3.8, 4) is 5.75 Å². The summed E-state index contributed by atoms with van der Waals surface area (Å²) in [6.07, 6.45) is 1.26. The molecule has 2 atom stereocenters. The van der Waals surface area contributed by atoms with E-state index in [0.717, 1.165) is 30.4 Å².